The van der Waals surface area contributed by atoms with Crippen LogP contribution < -0.4 is 0 Å². The molecule has 0 rings (SSSR count). The maximum Gasteiger partial charge on any atom is 0.305 e. The largest absolute Gasteiger partial charge is 0.465 e. The van der Waals surface area contributed by atoms with Gasteiger partial charge in [0.25, 0.3) is 0 Å². The highest BCUT2D eigenvalue weighted by Crippen LogP contribution is 2.13. The summed E-state index contributed by atoms with van der Waals surface area (Å²) in [6, 6.07) is 0. The summed E-state index contributed by atoms with van der Waals surface area (Å²) in [5, 5.41) is 0. The van der Waals surface area contributed by atoms with Crippen LogP contribution in [-0.2, 0) is 28.6 Å². The Bertz CT molecular complexity index is 549. The second-order valence-electron chi connectivity index (χ2n) is 12.6. The molecule has 0 saturated heterocycles. The van der Waals surface area contributed by atoms with E-state index in [2.05, 4.69) is 20.8 Å². The second-order valence-corrected chi connectivity index (χ2v) is 12.6. The summed E-state index contributed by atoms with van der Waals surface area (Å²) >= 11 is 0. The molecule has 0 radical (unpaired) electrons. The Kier molecular flexibility index (Phi) is 32.1. The van der Waals surface area contributed by atoms with Gasteiger partial charge in [-0.25, -0.2) is 0 Å². The molecule has 6 heteroatoms. The minimum atomic E-state index is -0.340. The average molecular weight is 611 g/mol. The molecule has 0 aromatic carbocycles. The summed E-state index contributed by atoms with van der Waals surface area (Å²) in [5.41, 5.74) is 0. The van der Waals surface area contributed by atoms with Crippen LogP contribution in [0.3, 0.4) is 0 Å². The van der Waals surface area contributed by atoms with E-state index in [-0.39, 0.29) is 43.6 Å². The number of carbonyl (C=O) groups excluding carboxylic acids is 3. The second kappa shape index (κ2) is 33.3. The van der Waals surface area contributed by atoms with Crippen molar-refractivity contribution in [2.75, 3.05) is 19.8 Å². The smallest absolute Gasteiger partial charge is 0.305 e. The van der Waals surface area contributed by atoms with E-state index in [1.165, 1.54) is 96.3 Å². The van der Waals surface area contributed by atoms with Crippen molar-refractivity contribution < 1.29 is 28.6 Å². The Labute approximate surface area is 266 Å². The van der Waals surface area contributed by atoms with Crippen LogP contribution in [0.5, 0.6) is 0 Å². The Morgan fingerprint density at radius 2 is 0.558 bits per heavy atom. The summed E-state index contributed by atoms with van der Waals surface area (Å²) in [4.78, 5) is 37.0. The third-order valence-electron chi connectivity index (χ3n) is 8.14. The minimum absolute atomic E-state index is 0.103. The van der Waals surface area contributed by atoms with Crippen molar-refractivity contribution >= 4 is 17.9 Å². The fraction of sp³-hybridized carbons (Fsp3) is 0.919. The van der Waals surface area contributed by atoms with Gasteiger partial charge in [0.1, 0.15) is 19.8 Å². The zero-order valence-corrected chi connectivity index (χ0v) is 28.7. The van der Waals surface area contributed by atoms with Gasteiger partial charge >= 0.3 is 17.9 Å². The van der Waals surface area contributed by atoms with Gasteiger partial charge in [-0.05, 0) is 19.3 Å². The standard InChI is InChI=1S/C37H70O6/c1-4-7-10-13-16-19-22-25-28-35(38)41-31-34(32-42-36(39)29-26-23-20-17-14-11-8-5-2)33-43-37(40)30-27-24-21-18-15-12-9-6-3/h34H,4-33H2,1-3H3. The van der Waals surface area contributed by atoms with Gasteiger partial charge in [-0.1, -0.05) is 156 Å². The van der Waals surface area contributed by atoms with Gasteiger partial charge in [0, 0.05) is 19.3 Å². The lowest BCUT2D eigenvalue weighted by Gasteiger charge is -2.17. The van der Waals surface area contributed by atoms with E-state index in [0.29, 0.717) is 19.3 Å². The normalized spacial score (nSPS) is 11.2. The Balaban J connectivity index is 4.34. The summed E-state index contributed by atoms with van der Waals surface area (Å²) in [6.45, 7) is 6.98. The van der Waals surface area contributed by atoms with Gasteiger partial charge in [0.15, 0.2) is 0 Å². The van der Waals surface area contributed by atoms with Crippen LogP contribution in [0, 0.1) is 5.92 Å². The first-order chi connectivity index (χ1) is 21.0. The first-order valence-corrected chi connectivity index (χ1v) is 18.5. The summed E-state index contributed by atoms with van der Waals surface area (Å²) < 4.78 is 16.5. The molecule has 0 unspecified atom stereocenters. The van der Waals surface area contributed by atoms with E-state index in [0.717, 1.165) is 57.8 Å². The molecule has 0 aliphatic carbocycles. The fourth-order valence-electron chi connectivity index (χ4n) is 5.20. The molecule has 0 aromatic rings. The molecule has 0 aliphatic heterocycles. The number of carbonyl (C=O) groups is 3. The van der Waals surface area contributed by atoms with Gasteiger partial charge in [-0.15, -0.1) is 0 Å². The van der Waals surface area contributed by atoms with Crippen molar-refractivity contribution in [2.24, 2.45) is 5.92 Å². The Morgan fingerprint density at radius 3 is 0.791 bits per heavy atom. The van der Waals surface area contributed by atoms with Crippen molar-refractivity contribution in [1.82, 2.24) is 0 Å². The average Bonchev–Trinajstić information content (AvgIpc) is 3.00. The molecule has 0 bridgehead atoms. The molecular weight excluding hydrogens is 540 g/mol. The number of unbranched alkanes of at least 4 members (excludes halogenated alkanes) is 21. The van der Waals surface area contributed by atoms with E-state index < -0.39 is 0 Å². The molecular formula is C37H70O6. The first-order valence-electron chi connectivity index (χ1n) is 18.5. The van der Waals surface area contributed by atoms with Crippen LogP contribution in [0.2, 0.25) is 0 Å². The fourth-order valence-corrected chi connectivity index (χ4v) is 5.20. The van der Waals surface area contributed by atoms with Gasteiger partial charge < -0.3 is 14.2 Å². The Hall–Kier alpha value is -1.59. The zero-order chi connectivity index (χ0) is 31.6. The topological polar surface area (TPSA) is 78.9 Å². The predicted octanol–water partition coefficient (Wildman–Crippen LogP) is 10.8. The van der Waals surface area contributed by atoms with Crippen molar-refractivity contribution in [2.45, 2.75) is 194 Å². The van der Waals surface area contributed by atoms with Crippen molar-refractivity contribution in [3.63, 3.8) is 0 Å². The van der Waals surface area contributed by atoms with Crippen LogP contribution in [-0.4, -0.2) is 37.7 Å². The van der Waals surface area contributed by atoms with Crippen LogP contribution >= 0.6 is 0 Å². The summed E-state index contributed by atoms with van der Waals surface area (Å²) in [7, 11) is 0. The van der Waals surface area contributed by atoms with E-state index in [4.69, 9.17) is 14.2 Å². The monoisotopic (exact) mass is 611 g/mol. The maximum absolute atomic E-state index is 12.3. The molecule has 0 spiro atoms. The Morgan fingerprint density at radius 1 is 0.349 bits per heavy atom. The summed E-state index contributed by atoms with van der Waals surface area (Å²) in [6.07, 6.45) is 29.4. The quantitative estimate of drug-likeness (QED) is 0.0418. The lowest BCUT2D eigenvalue weighted by molar-refractivity contribution is -0.153. The predicted molar refractivity (Wildman–Crippen MR) is 178 cm³/mol. The highest BCUT2D eigenvalue weighted by molar-refractivity contribution is 5.70. The molecule has 0 fully saturated rings. The van der Waals surface area contributed by atoms with E-state index in [1.54, 1.807) is 0 Å². The number of rotatable bonds is 33. The molecule has 0 heterocycles. The zero-order valence-electron chi connectivity index (χ0n) is 28.7. The number of hydrogen-bond acceptors (Lipinski definition) is 6. The van der Waals surface area contributed by atoms with Gasteiger partial charge in [-0.3, -0.25) is 14.4 Å². The van der Waals surface area contributed by atoms with Gasteiger partial charge in [-0.2, -0.15) is 0 Å². The van der Waals surface area contributed by atoms with Gasteiger partial charge in [0.2, 0.25) is 0 Å². The van der Waals surface area contributed by atoms with E-state index in [1.807, 2.05) is 0 Å². The third-order valence-corrected chi connectivity index (χ3v) is 8.14. The highest BCUT2D eigenvalue weighted by Gasteiger charge is 2.18. The van der Waals surface area contributed by atoms with Gasteiger partial charge in [0.05, 0.1) is 5.92 Å². The molecule has 0 aliphatic rings. The van der Waals surface area contributed by atoms with E-state index in [9.17, 15) is 14.4 Å². The lowest BCUT2D eigenvalue weighted by atomic mass is 10.1. The van der Waals surface area contributed by atoms with Crippen LogP contribution in [0.15, 0.2) is 0 Å². The lowest BCUT2D eigenvalue weighted by Crippen LogP contribution is -2.26. The number of hydrogen-bond donors (Lipinski definition) is 0. The van der Waals surface area contributed by atoms with Crippen molar-refractivity contribution in [1.29, 1.82) is 0 Å². The highest BCUT2D eigenvalue weighted by atomic mass is 16.6. The van der Waals surface area contributed by atoms with Crippen molar-refractivity contribution in [3.8, 4) is 0 Å². The van der Waals surface area contributed by atoms with Crippen LogP contribution in [0.4, 0.5) is 0 Å². The molecule has 43 heavy (non-hydrogen) atoms. The molecule has 0 amide bonds. The number of ether oxygens (including phenoxy) is 3. The first kappa shape index (κ1) is 41.4. The third kappa shape index (κ3) is 31.6. The van der Waals surface area contributed by atoms with Crippen LogP contribution in [0.25, 0.3) is 0 Å². The maximum atomic E-state index is 12.3. The molecule has 6 nitrogen and oxygen atoms in total. The molecule has 0 N–H and O–H groups in total. The molecule has 0 saturated carbocycles. The molecule has 0 aromatic heterocycles. The number of esters is 3. The van der Waals surface area contributed by atoms with E-state index >= 15 is 0 Å². The minimum Gasteiger partial charge on any atom is -0.465 e. The SMILES string of the molecule is CCCCCCCCCCC(=O)OCC(COC(=O)CCCCCCCCCC)COC(=O)CCCCCCCCCC. The van der Waals surface area contributed by atoms with Crippen LogP contribution in [0.1, 0.15) is 194 Å². The van der Waals surface area contributed by atoms with Crippen molar-refractivity contribution in [3.05, 3.63) is 0 Å². The molecule has 254 valence electrons. The summed E-state index contributed by atoms with van der Waals surface area (Å²) in [5.74, 6) is -1.03. The molecule has 0 atom stereocenters.